The van der Waals surface area contributed by atoms with Crippen LogP contribution in [0.1, 0.15) is 13.3 Å². The Bertz CT molecular complexity index is 796. The summed E-state index contributed by atoms with van der Waals surface area (Å²) in [5.41, 5.74) is 1.67. The summed E-state index contributed by atoms with van der Waals surface area (Å²) in [5, 5.41) is 3.56. The van der Waals surface area contributed by atoms with Crippen LogP contribution in [0.4, 0.5) is 0 Å². The van der Waals surface area contributed by atoms with E-state index in [1.54, 1.807) is 6.07 Å². The standard InChI is InChI=1S/C17H23ClN4O2S/c1-2-5-19-16(23)11-20-6-8-21(9-7-20)12-22-14-4-3-13(18)10-15(14)24-17(22)25/h3-4,10H,2,5-9,11-12H2,1H3,(H,19,23). The van der Waals surface area contributed by atoms with Crippen molar-refractivity contribution < 1.29 is 9.21 Å². The quantitative estimate of drug-likeness (QED) is 0.778. The van der Waals surface area contributed by atoms with Crippen LogP contribution in [0.25, 0.3) is 11.1 Å². The van der Waals surface area contributed by atoms with Crippen molar-refractivity contribution >= 4 is 40.8 Å². The van der Waals surface area contributed by atoms with Crippen LogP contribution in [-0.2, 0) is 11.5 Å². The maximum Gasteiger partial charge on any atom is 0.270 e. The van der Waals surface area contributed by atoms with Crippen molar-refractivity contribution in [1.82, 2.24) is 19.7 Å². The summed E-state index contributed by atoms with van der Waals surface area (Å²) in [6, 6.07) is 5.57. The second-order valence-electron chi connectivity index (χ2n) is 6.29. The average molecular weight is 383 g/mol. The van der Waals surface area contributed by atoms with E-state index >= 15 is 0 Å². The van der Waals surface area contributed by atoms with Crippen LogP contribution in [0.15, 0.2) is 22.6 Å². The number of oxazole rings is 1. The van der Waals surface area contributed by atoms with Crippen LogP contribution in [0.3, 0.4) is 0 Å². The lowest BCUT2D eigenvalue weighted by Gasteiger charge is -2.34. The molecule has 0 aliphatic carbocycles. The second kappa shape index (κ2) is 8.31. The van der Waals surface area contributed by atoms with Crippen LogP contribution in [0, 0.1) is 4.84 Å². The number of hydrogen-bond acceptors (Lipinski definition) is 5. The molecule has 6 nitrogen and oxygen atoms in total. The second-order valence-corrected chi connectivity index (χ2v) is 7.08. The number of benzene rings is 1. The SMILES string of the molecule is CCCNC(=O)CN1CCN(Cn2c(=S)oc3cc(Cl)ccc32)CC1. The summed E-state index contributed by atoms with van der Waals surface area (Å²) < 4.78 is 7.63. The predicted octanol–water partition coefficient (Wildman–Crippen LogP) is 2.72. The number of amides is 1. The van der Waals surface area contributed by atoms with Gasteiger partial charge in [-0.1, -0.05) is 18.5 Å². The molecular formula is C17H23ClN4O2S. The van der Waals surface area contributed by atoms with Gasteiger partial charge in [-0.2, -0.15) is 0 Å². The van der Waals surface area contributed by atoms with Crippen molar-refractivity contribution in [3.05, 3.63) is 28.1 Å². The van der Waals surface area contributed by atoms with Gasteiger partial charge in [0.25, 0.3) is 4.84 Å². The first-order chi connectivity index (χ1) is 12.1. The fourth-order valence-electron chi connectivity index (χ4n) is 2.99. The molecule has 1 aromatic heterocycles. The van der Waals surface area contributed by atoms with Gasteiger partial charge in [0.05, 0.1) is 18.7 Å². The number of carbonyl (C=O) groups is 1. The topological polar surface area (TPSA) is 53.7 Å². The molecule has 25 heavy (non-hydrogen) atoms. The Morgan fingerprint density at radius 1 is 1.28 bits per heavy atom. The molecular weight excluding hydrogens is 360 g/mol. The fourth-order valence-corrected chi connectivity index (χ4v) is 3.39. The van der Waals surface area contributed by atoms with Crippen molar-refractivity contribution in [2.75, 3.05) is 39.3 Å². The maximum absolute atomic E-state index is 11.8. The molecule has 0 atom stereocenters. The zero-order chi connectivity index (χ0) is 17.8. The Morgan fingerprint density at radius 2 is 2.00 bits per heavy atom. The molecule has 8 heteroatoms. The van der Waals surface area contributed by atoms with Crippen molar-refractivity contribution in [3.8, 4) is 0 Å². The minimum atomic E-state index is 0.107. The Balaban J connectivity index is 1.57. The van der Waals surface area contributed by atoms with E-state index in [0.717, 1.165) is 44.7 Å². The molecule has 1 amide bonds. The van der Waals surface area contributed by atoms with Crippen molar-refractivity contribution in [1.29, 1.82) is 0 Å². The van der Waals surface area contributed by atoms with Crippen molar-refractivity contribution in [2.24, 2.45) is 0 Å². The number of carbonyl (C=O) groups excluding carboxylic acids is 1. The van der Waals surface area contributed by atoms with Gasteiger partial charge in [0.15, 0.2) is 5.58 Å². The first kappa shape index (κ1) is 18.4. The number of nitrogens with one attached hydrogen (secondary N) is 1. The third kappa shape index (κ3) is 4.61. The number of aromatic nitrogens is 1. The Morgan fingerprint density at radius 3 is 2.72 bits per heavy atom. The first-order valence-corrected chi connectivity index (χ1v) is 9.35. The van der Waals surface area contributed by atoms with E-state index in [0.29, 0.717) is 28.7 Å². The number of piperazine rings is 1. The van der Waals surface area contributed by atoms with Crippen LogP contribution in [0.5, 0.6) is 0 Å². The largest absolute Gasteiger partial charge is 0.429 e. The van der Waals surface area contributed by atoms with E-state index in [-0.39, 0.29) is 5.91 Å². The predicted molar refractivity (Wildman–Crippen MR) is 101 cm³/mol. The first-order valence-electron chi connectivity index (χ1n) is 8.57. The van der Waals surface area contributed by atoms with Crippen LogP contribution in [-0.4, -0.2) is 59.5 Å². The fraction of sp³-hybridized carbons (Fsp3) is 0.529. The van der Waals surface area contributed by atoms with E-state index in [2.05, 4.69) is 22.0 Å². The molecule has 2 heterocycles. The summed E-state index contributed by atoms with van der Waals surface area (Å²) >= 11 is 11.4. The monoisotopic (exact) mass is 382 g/mol. The van der Waals surface area contributed by atoms with Crippen LogP contribution < -0.4 is 5.32 Å². The summed E-state index contributed by atoms with van der Waals surface area (Å²) in [6.07, 6.45) is 0.962. The van der Waals surface area contributed by atoms with Gasteiger partial charge in [-0.05, 0) is 30.8 Å². The van der Waals surface area contributed by atoms with Crippen LogP contribution in [0.2, 0.25) is 5.02 Å². The Labute approximate surface area is 157 Å². The molecule has 1 aliphatic rings. The highest BCUT2D eigenvalue weighted by atomic mass is 35.5. The number of fused-ring (bicyclic) bond motifs is 1. The molecule has 0 radical (unpaired) electrons. The normalized spacial score (nSPS) is 16.4. The Kier molecular flexibility index (Phi) is 6.11. The summed E-state index contributed by atoms with van der Waals surface area (Å²) in [5.74, 6) is 0.107. The van der Waals surface area contributed by atoms with Gasteiger partial charge in [-0.25, -0.2) is 0 Å². The highest BCUT2D eigenvalue weighted by Crippen LogP contribution is 2.22. The molecule has 3 rings (SSSR count). The number of nitrogens with zero attached hydrogens (tertiary/aromatic N) is 3. The molecule has 0 unspecified atom stereocenters. The van der Waals surface area contributed by atoms with E-state index in [4.69, 9.17) is 28.2 Å². The lowest BCUT2D eigenvalue weighted by Crippen LogP contribution is -2.49. The van der Waals surface area contributed by atoms with Gasteiger partial charge in [0, 0.05) is 43.8 Å². The molecule has 1 saturated heterocycles. The van der Waals surface area contributed by atoms with Crippen molar-refractivity contribution in [3.63, 3.8) is 0 Å². The molecule has 0 saturated carbocycles. The van der Waals surface area contributed by atoms with Gasteiger partial charge in [-0.15, -0.1) is 0 Å². The van der Waals surface area contributed by atoms with Gasteiger partial charge in [0.1, 0.15) is 0 Å². The Hall–Kier alpha value is -1.41. The highest BCUT2D eigenvalue weighted by Gasteiger charge is 2.20. The minimum Gasteiger partial charge on any atom is -0.429 e. The minimum absolute atomic E-state index is 0.107. The molecule has 0 spiro atoms. The zero-order valence-corrected chi connectivity index (χ0v) is 15.9. The highest BCUT2D eigenvalue weighted by molar-refractivity contribution is 7.71. The molecule has 1 N–H and O–H groups in total. The number of rotatable bonds is 6. The van der Waals surface area contributed by atoms with E-state index < -0.39 is 0 Å². The maximum atomic E-state index is 11.8. The molecule has 1 aliphatic heterocycles. The van der Waals surface area contributed by atoms with Crippen molar-refractivity contribution in [2.45, 2.75) is 20.0 Å². The summed E-state index contributed by atoms with van der Waals surface area (Å²) in [7, 11) is 0. The summed E-state index contributed by atoms with van der Waals surface area (Å²) in [4.78, 5) is 16.8. The van der Waals surface area contributed by atoms with E-state index in [1.165, 1.54) is 0 Å². The molecule has 2 aromatic rings. The average Bonchev–Trinajstić information content (AvgIpc) is 2.89. The van der Waals surface area contributed by atoms with E-state index in [9.17, 15) is 4.79 Å². The van der Waals surface area contributed by atoms with Crippen LogP contribution >= 0.6 is 23.8 Å². The van der Waals surface area contributed by atoms with Gasteiger partial charge >= 0.3 is 0 Å². The van der Waals surface area contributed by atoms with Gasteiger partial charge in [0.2, 0.25) is 5.91 Å². The number of halogens is 1. The molecule has 136 valence electrons. The van der Waals surface area contributed by atoms with Gasteiger partial charge < -0.3 is 9.73 Å². The lowest BCUT2D eigenvalue weighted by atomic mass is 10.3. The van der Waals surface area contributed by atoms with Gasteiger partial charge in [-0.3, -0.25) is 19.2 Å². The third-order valence-electron chi connectivity index (χ3n) is 4.38. The zero-order valence-electron chi connectivity index (χ0n) is 14.3. The molecule has 0 bridgehead atoms. The molecule has 1 fully saturated rings. The summed E-state index contributed by atoms with van der Waals surface area (Å²) in [6.45, 7) is 7.48. The smallest absolute Gasteiger partial charge is 0.270 e. The third-order valence-corrected chi connectivity index (χ3v) is 4.91. The van der Waals surface area contributed by atoms with E-state index in [1.807, 2.05) is 16.7 Å². The number of hydrogen-bond donors (Lipinski definition) is 1. The lowest BCUT2D eigenvalue weighted by molar-refractivity contribution is -0.122. The molecule has 1 aromatic carbocycles.